The smallest absolute Gasteiger partial charge is 0.191 e. The number of rotatable bonds is 8. The average molecular weight is 254 g/mol. The number of nitrogens with zero attached hydrogens (tertiary/aromatic N) is 4. The van der Waals surface area contributed by atoms with Crippen LogP contribution in [0.4, 0.5) is 0 Å². The van der Waals surface area contributed by atoms with E-state index in [4.69, 9.17) is 10.4 Å². The van der Waals surface area contributed by atoms with Crippen LogP contribution in [0.1, 0.15) is 38.4 Å². The van der Waals surface area contributed by atoms with E-state index in [0.717, 1.165) is 36.7 Å². The molecule has 0 spiro atoms. The minimum Gasteiger partial charge on any atom is -0.388 e. The van der Waals surface area contributed by atoms with Crippen LogP contribution in [-0.4, -0.2) is 25.6 Å². The number of aromatic nitrogens is 3. The van der Waals surface area contributed by atoms with Crippen LogP contribution in [-0.2, 0) is 13.2 Å². The molecule has 5 nitrogen and oxygen atoms in total. The van der Waals surface area contributed by atoms with Gasteiger partial charge in [0.1, 0.15) is 6.61 Å². The van der Waals surface area contributed by atoms with Crippen molar-refractivity contribution in [2.24, 2.45) is 0 Å². The largest absolute Gasteiger partial charge is 0.388 e. The Morgan fingerprint density at radius 2 is 2.24 bits per heavy atom. The van der Waals surface area contributed by atoms with Crippen LogP contribution in [0.3, 0.4) is 0 Å². The maximum Gasteiger partial charge on any atom is 0.191 e. The predicted octanol–water partition coefficient (Wildman–Crippen LogP) is 1.97. The van der Waals surface area contributed by atoms with Crippen molar-refractivity contribution in [2.75, 3.05) is 5.75 Å². The van der Waals surface area contributed by atoms with Crippen LogP contribution in [0.15, 0.2) is 5.16 Å². The van der Waals surface area contributed by atoms with Crippen LogP contribution in [0, 0.1) is 11.3 Å². The molecule has 1 rings (SSSR count). The van der Waals surface area contributed by atoms with Crippen LogP contribution in [0.5, 0.6) is 0 Å². The standard InChI is InChI=1S/C11H18N4OS/c1-2-7-15-10(9-16)13-14-11(15)17-8-5-3-4-6-12/h16H,2-5,7-9H2,1H3. The highest BCUT2D eigenvalue weighted by atomic mass is 32.2. The number of thioether (sulfide) groups is 1. The second kappa shape index (κ2) is 8.09. The lowest BCUT2D eigenvalue weighted by Gasteiger charge is -2.06. The number of nitriles is 1. The summed E-state index contributed by atoms with van der Waals surface area (Å²) in [6.45, 7) is 2.86. The molecule has 0 radical (unpaired) electrons. The number of hydrogen-bond donors (Lipinski definition) is 1. The first-order valence-corrected chi connectivity index (χ1v) is 6.84. The Bertz CT molecular complexity index is 372. The maximum atomic E-state index is 9.13. The fourth-order valence-corrected chi connectivity index (χ4v) is 2.44. The van der Waals surface area contributed by atoms with Crippen molar-refractivity contribution in [2.45, 2.75) is 50.9 Å². The van der Waals surface area contributed by atoms with Crippen LogP contribution in [0.25, 0.3) is 0 Å². The first-order chi connectivity index (χ1) is 8.33. The first kappa shape index (κ1) is 14.0. The van der Waals surface area contributed by atoms with E-state index in [-0.39, 0.29) is 6.61 Å². The third-order valence-electron chi connectivity index (χ3n) is 2.30. The Morgan fingerprint density at radius 1 is 1.41 bits per heavy atom. The molecular weight excluding hydrogens is 236 g/mol. The van der Waals surface area contributed by atoms with Crippen LogP contribution in [0.2, 0.25) is 0 Å². The molecule has 6 heteroatoms. The van der Waals surface area contributed by atoms with Gasteiger partial charge < -0.3 is 9.67 Å². The summed E-state index contributed by atoms with van der Waals surface area (Å²) in [4.78, 5) is 0. The van der Waals surface area contributed by atoms with E-state index in [0.29, 0.717) is 12.2 Å². The Kier molecular flexibility index (Phi) is 6.67. The van der Waals surface area contributed by atoms with Crippen LogP contribution < -0.4 is 0 Å². The summed E-state index contributed by atoms with van der Waals surface area (Å²) in [5.41, 5.74) is 0. The quantitative estimate of drug-likeness (QED) is 0.567. The average Bonchev–Trinajstić information content (AvgIpc) is 2.72. The molecular formula is C11H18N4OS. The van der Waals surface area contributed by atoms with Gasteiger partial charge in [0, 0.05) is 18.7 Å². The van der Waals surface area contributed by atoms with Gasteiger partial charge in [0.05, 0.1) is 6.07 Å². The molecule has 0 atom stereocenters. The van der Waals surface area contributed by atoms with Crippen molar-refractivity contribution in [3.8, 4) is 6.07 Å². The summed E-state index contributed by atoms with van der Waals surface area (Å²) in [5, 5.41) is 26.5. The van der Waals surface area contributed by atoms with Crippen molar-refractivity contribution in [3.63, 3.8) is 0 Å². The Labute approximate surface area is 106 Å². The highest BCUT2D eigenvalue weighted by Gasteiger charge is 2.10. The second-order valence-electron chi connectivity index (χ2n) is 3.67. The van der Waals surface area contributed by atoms with E-state index in [1.54, 1.807) is 11.8 Å². The Morgan fingerprint density at radius 3 is 2.88 bits per heavy atom. The molecule has 1 aromatic rings. The molecule has 0 bridgehead atoms. The third kappa shape index (κ3) is 4.36. The molecule has 0 saturated heterocycles. The summed E-state index contributed by atoms with van der Waals surface area (Å²) in [6, 6.07) is 2.14. The van der Waals surface area contributed by atoms with E-state index in [1.165, 1.54) is 0 Å². The molecule has 17 heavy (non-hydrogen) atoms. The molecule has 0 aliphatic carbocycles. The van der Waals surface area contributed by atoms with Crippen molar-refractivity contribution in [1.82, 2.24) is 14.8 Å². The minimum atomic E-state index is -0.0675. The van der Waals surface area contributed by atoms with E-state index >= 15 is 0 Å². The van der Waals surface area contributed by atoms with Gasteiger partial charge in [-0.05, 0) is 19.3 Å². The molecule has 0 unspecified atom stereocenters. The zero-order valence-corrected chi connectivity index (χ0v) is 10.9. The lowest BCUT2D eigenvalue weighted by molar-refractivity contribution is 0.263. The number of aliphatic hydroxyl groups is 1. The molecule has 0 aliphatic rings. The molecule has 0 aliphatic heterocycles. The van der Waals surface area contributed by atoms with Gasteiger partial charge in [0.25, 0.3) is 0 Å². The number of aliphatic hydroxyl groups excluding tert-OH is 1. The van der Waals surface area contributed by atoms with Crippen molar-refractivity contribution in [1.29, 1.82) is 5.26 Å². The van der Waals surface area contributed by atoms with Gasteiger partial charge in [-0.25, -0.2) is 0 Å². The molecule has 94 valence electrons. The monoisotopic (exact) mass is 254 g/mol. The molecule has 0 fully saturated rings. The summed E-state index contributed by atoms with van der Waals surface area (Å²) in [5.74, 6) is 1.57. The van der Waals surface area contributed by atoms with E-state index in [2.05, 4.69) is 23.2 Å². The number of hydrogen-bond acceptors (Lipinski definition) is 5. The van der Waals surface area contributed by atoms with Gasteiger partial charge in [-0.3, -0.25) is 0 Å². The van der Waals surface area contributed by atoms with E-state index in [1.807, 2.05) is 4.57 Å². The van der Waals surface area contributed by atoms with Gasteiger partial charge in [-0.15, -0.1) is 10.2 Å². The zero-order chi connectivity index (χ0) is 12.5. The Balaban J connectivity index is 2.47. The molecule has 1 N–H and O–H groups in total. The third-order valence-corrected chi connectivity index (χ3v) is 3.35. The summed E-state index contributed by atoms with van der Waals surface area (Å²) >= 11 is 1.64. The van der Waals surface area contributed by atoms with Crippen molar-refractivity contribution >= 4 is 11.8 Å². The molecule has 0 amide bonds. The summed E-state index contributed by atoms with van der Waals surface area (Å²) < 4.78 is 1.97. The highest BCUT2D eigenvalue weighted by Crippen LogP contribution is 2.19. The lowest BCUT2D eigenvalue weighted by atomic mass is 10.3. The van der Waals surface area contributed by atoms with Crippen molar-refractivity contribution in [3.05, 3.63) is 5.82 Å². The van der Waals surface area contributed by atoms with Gasteiger partial charge in [-0.1, -0.05) is 18.7 Å². The normalized spacial score (nSPS) is 10.4. The molecule has 0 saturated carbocycles. The first-order valence-electron chi connectivity index (χ1n) is 5.86. The van der Waals surface area contributed by atoms with Gasteiger partial charge >= 0.3 is 0 Å². The fraction of sp³-hybridized carbons (Fsp3) is 0.727. The van der Waals surface area contributed by atoms with Gasteiger partial charge in [0.15, 0.2) is 11.0 Å². The fourth-order valence-electron chi connectivity index (χ4n) is 1.46. The molecule has 0 aromatic carbocycles. The lowest BCUT2D eigenvalue weighted by Crippen LogP contribution is -2.04. The molecule has 1 heterocycles. The van der Waals surface area contributed by atoms with Crippen LogP contribution >= 0.6 is 11.8 Å². The summed E-state index contributed by atoms with van der Waals surface area (Å²) in [7, 11) is 0. The second-order valence-corrected chi connectivity index (χ2v) is 4.73. The van der Waals surface area contributed by atoms with E-state index < -0.39 is 0 Å². The maximum absolute atomic E-state index is 9.13. The van der Waals surface area contributed by atoms with Crippen molar-refractivity contribution < 1.29 is 5.11 Å². The SMILES string of the molecule is CCCn1c(CO)nnc1SCCCCC#N. The summed E-state index contributed by atoms with van der Waals surface area (Å²) in [6.07, 6.45) is 3.54. The van der Waals surface area contributed by atoms with Gasteiger partial charge in [0.2, 0.25) is 0 Å². The van der Waals surface area contributed by atoms with E-state index in [9.17, 15) is 0 Å². The highest BCUT2D eigenvalue weighted by molar-refractivity contribution is 7.99. The van der Waals surface area contributed by atoms with Gasteiger partial charge in [-0.2, -0.15) is 5.26 Å². The topological polar surface area (TPSA) is 74.7 Å². The molecule has 1 aromatic heterocycles. The number of unbranched alkanes of at least 4 members (excludes halogenated alkanes) is 2. The Hall–Kier alpha value is -1.06. The zero-order valence-electron chi connectivity index (χ0n) is 10.1. The minimum absolute atomic E-state index is 0.0675. The predicted molar refractivity (Wildman–Crippen MR) is 66.4 cm³/mol.